The van der Waals surface area contributed by atoms with E-state index in [4.69, 9.17) is 4.74 Å². The molecule has 5 nitrogen and oxygen atoms in total. The van der Waals surface area contributed by atoms with Crippen molar-refractivity contribution in [1.29, 1.82) is 0 Å². The molecule has 0 aliphatic carbocycles. The molecule has 4 rings (SSSR count). The quantitative estimate of drug-likeness (QED) is 0.603. The summed E-state index contributed by atoms with van der Waals surface area (Å²) in [5, 5.41) is 14.0. The van der Waals surface area contributed by atoms with Crippen molar-refractivity contribution in [3.63, 3.8) is 0 Å². The molecule has 2 aromatic carbocycles. The van der Waals surface area contributed by atoms with Crippen LogP contribution in [0.5, 0.6) is 5.75 Å². The summed E-state index contributed by atoms with van der Waals surface area (Å²) in [6.07, 6.45) is 3.56. The van der Waals surface area contributed by atoms with Crippen molar-refractivity contribution in [3.8, 4) is 5.75 Å². The fraction of sp³-hybridized carbons (Fsp3) is 0.409. The van der Waals surface area contributed by atoms with Crippen LogP contribution in [-0.2, 0) is 11.3 Å². The summed E-state index contributed by atoms with van der Waals surface area (Å²) in [5.74, 6) is 0.825. The molecule has 2 atom stereocenters. The third-order valence-corrected chi connectivity index (χ3v) is 5.91. The maximum absolute atomic E-state index is 14.0. The molecule has 1 amide bonds. The van der Waals surface area contributed by atoms with Crippen LogP contribution >= 0.6 is 0 Å². The number of ether oxygens (including phenoxy) is 1. The van der Waals surface area contributed by atoms with Crippen LogP contribution in [0.25, 0.3) is 0 Å². The third kappa shape index (κ3) is 3.33. The second kappa shape index (κ2) is 7.33. The highest BCUT2D eigenvalue weighted by molar-refractivity contribution is 5.78. The predicted molar refractivity (Wildman–Crippen MR) is 106 cm³/mol. The Hall–Kier alpha value is -2.37. The Balaban J connectivity index is 1.66. The van der Waals surface area contributed by atoms with E-state index in [1.807, 2.05) is 53.4 Å². The van der Waals surface area contributed by atoms with Gasteiger partial charge in [-0.25, -0.2) is 0 Å². The highest BCUT2D eigenvalue weighted by atomic mass is 16.5. The van der Waals surface area contributed by atoms with Gasteiger partial charge >= 0.3 is 0 Å². The van der Waals surface area contributed by atoms with Crippen molar-refractivity contribution in [2.24, 2.45) is 0 Å². The average molecular weight is 366 g/mol. The minimum Gasteiger partial charge on any atom is -0.627 e. The van der Waals surface area contributed by atoms with Crippen LogP contribution in [0.3, 0.4) is 0 Å². The van der Waals surface area contributed by atoms with Crippen LogP contribution in [0.2, 0.25) is 0 Å². The van der Waals surface area contributed by atoms with Gasteiger partial charge < -0.3 is 19.5 Å². The summed E-state index contributed by atoms with van der Waals surface area (Å²) in [6.45, 7) is 1.99. The fourth-order valence-electron chi connectivity index (χ4n) is 4.39. The molecule has 142 valence electrons. The number of hydroxylamine groups is 2. The van der Waals surface area contributed by atoms with Crippen molar-refractivity contribution < 1.29 is 9.53 Å². The fourth-order valence-corrected chi connectivity index (χ4v) is 4.39. The van der Waals surface area contributed by atoms with Gasteiger partial charge in [-0.15, -0.1) is 0 Å². The highest BCUT2D eigenvalue weighted by Crippen LogP contribution is 2.46. The third-order valence-electron chi connectivity index (χ3n) is 5.91. The van der Waals surface area contributed by atoms with Crippen molar-refractivity contribution in [2.45, 2.75) is 38.3 Å². The summed E-state index contributed by atoms with van der Waals surface area (Å²) >= 11 is 0. The molecule has 0 N–H and O–H groups in total. The normalized spacial score (nSPS) is 24.5. The number of amides is 1. The van der Waals surface area contributed by atoms with Gasteiger partial charge in [-0.3, -0.25) is 4.79 Å². The molecule has 2 aromatic rings. The van der Waals surface area contributed by atoms with Gasteiger partial charge in [0.05, 0.1) is 13.5 Å². The first-order valence-corrected chi connectivity index (χ1v) is 9.71. The van der Waals surface area contributed by atoms with E-state index in [1.165, 1.54) is 6.42 Å². The Bertz CT molecular complexity index is 815. The first kappa shape index (κ1) is 18.0. The molecule has 1 saturated heterocycles. The van der Waals surface area contributed by atoms with E-state index in [-0.39, 0.29) is 12.3 Å². The van der Waals surface area contributed by atoms with Crippen molar-refractivity contribution in [3.05, 3.63) is 64.9 Å². The zero-order valence-electron chi connectivity index (χ0n) is 15.8. The number of hydrogen-bond acceptors (Lipinski definition) is 3. The molecule has 0 bridgehead atoms. The molecule has 0 saturated carbocycles. The molecule has 0 radical (unpaired) electrons. The van der Waals surface area contributed by atoms with Gasteiger partial charge in [0.2, 0.25) is 5.91 Å². The summed E-state index contributed by atoms with van der Waals surface area (Å²) in [7, 11) is 1.61. The van der Waals surface area contributed by atoms with Crippen molar-refractivity contribution in [2.75, 3.05) is 20.2 Å². The number of hydrogen-bond donors (Lipinski definition) is 0. The Kier molecular flexibility index (Phi) is 4.89. The molecule has 2 unspecified atom stereocenters. The van der Waals surface area contributed by atoms with Crippen LogP contribution in [0.15, 0.2) is 48.5 Å². The van der Waals surface area contributed by atoms with Gasteiger partial charge in [-0.2, -0.15) is 0 Å². The summed E-state index contributed by atoms with van der Waals surface area (Å²) in [5.41, 5.74) is 2.72. The number of likely N-dealkylation sites (tertiary alicyclic amines) is 1. The lowest BCUT2D eigenvalue weighted by atomic mass is 10.0. The lowest BCUT2D eigenvalue weighted by molar-refractivity contribution is -0.133. The average Bonchev–Trinajstić information content (AvgIpc) is 3.01. The summed E-state index contributed by atoms with van der Waals surface area (Å²) in [6, 6.07) is 14.8. The van der Waals surface area contributed by atoms with Crippen LogP contribution in [0.1, 0.15) is 42.9 Å². The van der Waals surface area contributed by atoms with E-state index in [0.717, 1.165) is 42.8 Å². The Morgan fingerprint density at radius 2 is 1.81 bits per heavy atom. The molecule has 0 spiro atoms. The lowest BCUT2D eigenvalue weighted by Gasteiger charge is -2.44. The van der Waals surface area contributed by atoms with Crippen LogP contribution in [0.4, 0.5) is 5.69 Å². The monoisotopic (exact) mass is 366 g/mol. The number of piperidine rings is 1. The zero-order valence-corrected chi connectivity index (χ0v) is 15.8. The standard InChI is InChI=1S/C22H26N2O3/c1-27-19-11-9-18(10-12-19)24(26)16-17-7-3-4-8-20(17)21(24)15-22(25)23-13-5-2-6-14-23/h3-4,7-12,21H,2,5-6,13-16H2,1H3. The summed E-state index contributed by atoms with van der Waals surface area (Å²) < 4.78 is 4.72. The number of rotatable bonds is 4. The Labute approximate surface area is 160 Å². The first-order chi connectivity index (χ1) is 13.1. The van der Waals surface area contributed by atoms with E-state index in [2.05, 4.69) is 0 Å². The van der Waals surface area contributed by atoms with Crippen LogP contribution in [-0.4, -0.2) is 31.0 Å². The number of nitrogens with zero attached hydrogens (tertiary/aromatic N) is 2. The molecule has 5 heteroatoms. The largest absolute Gasteiger partial charge is 0.627 e. The maximum Gasteiger partial charge on any atom is 0.228 e. The predicted octanol–water partition coefficient (Wildman–Crippen LogP) is 4.16. The van der Waals surface area contributed by atoms with Crippen molar-refractivity contribution >= 4 is 11.6 Å². The van der Waals surface area contributed by atoms with Crippen LogP contribution < -0.4 is 9.38 Å². The van der Waals surface area contributed by atoms with Gasteiger partial charge in [0.25, 0.3) is 0 Å². The number of fused-ring (bicyclic) bond motifs is 1. The Morgan fingerprint density at radius 1 is 1.11 bits per heavy atom. The number of benzene rings is 2. The van der Waals surface area contributed by atoms with Gasteiger partial charge in [-0.05, 0) is 31.4 Å². The van der Waals surface area contributed by atoms with Gasteiger partial charge in [-0.1, -0.05) is 24.3 Å². The zero-order chi connectivity index (χ0) is 18.9. The van der Waals surface area contributed by atoms with Gasteiger partial charge in [0, 0.05) is 36.3 Å². The lowest BCUT2D eigenvalue weighted by Crippen LogP contribution is -2.44. The molecular weight excluding hydrogens is 340 g/mol. The van der Waals surface area contributed by atoms with Crippen LogP contribution in [0, 0.1) is 5.21 Å². The second-order valence-corrected chi connectivity index (χ2v) is 7.51. The minimum absolute atomic E-state index is 0.100. The summed E-state index contributed by atoms with van der Waals surface area (Å²) in [4.78, 5) is 14.9. The number of carbonyl (C=O) groups excluding carboxylic acids is 1. The molecule has 27 heavy (non-hydrogen) atoms. The SMILES string of the molecule is COc1ccc([N+]2([O-])Cc3ccccc3C2CC(=O)N2CCCCC2)cc1. The smallest absolute Gasteiger partial charge is 0.228 e. The first-order valence-electron chi connectivity index (χ1n) is 9.71. The molecule has 2 aliphatic heterocycles. The maximum atomic E-state index is 14.0. The molecule has 2 heterocycles. The highest BCUT2D eigenvalue weighted by Gasteiger charge is 2.42. The topological polar surface area (TPSA) is 52.6 Å². The number of quaternary nitrogens is 1. The van der Waals surface area contributed by atoms with Gasteiger partial charge in [0.1, 0.15) is 24.0 Å². The number of methoxy groups -OCH3 is 1. The van der Waals surface area contributed by atoms with Crippen molar-refractivity contribution in [1.82, 2.24) is 9.55 Å². The van der Waals surface area contributed by atoms with E-state index in [1.54, 1.807) is 7.11 Å². The molecule has 2 aliphatic rings. The number of carbonyl (C=O) groups is 1. The van der Waals surface area contributed by atoms with Gasteiger partial charge in [0.15, 0.2) is 0 Å². The molecule has 1 fully saturated rings. The van der Waals surface area contributed by atoms with E-state index in [9.17, 15) is 10.0 Å². The van der Waals surface area contributed by atoms with E-state index < -0.39 is 10.7 Å². The Morgan fingerprint density at radius 3 is 2.52 bits per heavy atom. The molecular formula is C22H26N2O3. The van der Waals surface area contributed by atoms with E-state index >= 15 is 0 Å². The molecule has 0 aromatic heterocycles. The second-order valence-electron chi connectivity index (χ2n) is 7.51. The minimum atomic E-state index is -0.511. The van der Waals surface area contributed by atoms with E-state index in [0.29, 0.717) is 12.2 Å².